The number of aliphatic hydroxyl groups is 1. The summed E-state index contributed by atoms with van der Waals surface area (Å²) in [6.45, 7) is 2.06. The van der Waals surface area contributed by atoms with Gasteiger partial charge in [0, 0.05) is 5.38 Å². The van der Waals surface area contributed by atoms with E-state index >= 15 is 0 Å². The van der Waals surface area contributed by atoms with Gasteiger partial charge < -0.3 is 10.1 Å². The second kappa shape index (κ2) is 3.89. The van der Waals surface area contributed by atoms with Crippen molar-refractivity contribution in [2.24, 2.45) is 0 Å². The number of thiazole rings is 1. The van der Waals surface area contributed by atoms with Gasteiger partial charge in [0.1, 0.15) is 5.69 Å². The van der Waals surface area contributed by atoms with Gasteiger partial charge in [0.05, 0.1) is 23.5 Å². The molecule has 0 aliphatic rings. The van der Waals surface area contributed by atoms with Crippen molar-refractivity contribution in [2.45, 2.75) is 20.0 Å². The number of aromatic nitrogens is 3. The van der Waals surface area contributed by atoms with Gasteiger partial charge in [-0.2, -0.15) is 0 Å². The van der Waals surface area contributed by atoms with E-state index in [4.69, 9.17) is 5.11 Å². The molecule has 0 unspecified atom stereocenters. The van der Waals surface area contributed by atoms with E-state index in [9.17, 15) is 0 Å². The molecule has 5 heteroatoms. The smallest absolute Gasteiger partial charge is 0.157 e. The molecule has 0 aromatic carbocycles. The SMILES string of the molecule is CCc1nc(-c2ncc(CO)[nH]2)cs1. The van der Waals surface area contributed by atoms with Crippen molar-refractivity contribution in [1.82, 2.24) is 15.0 Å². The maximum absolute atomic E-state index is 8.86. The van der Waals surface area contributed by atoms with Gasteiger partial charge in [0.2, 0.25) is 0 Å². The molecule has 0 amide bonds. The maximum atomic E-state index is 8.86. The lowest BCUT2D eigenvalue weighted by molar-refractivity contribution is 0.277. The van der Waals surface area contributed by atoms with Crippen LogP contribution in [0.3, 0.4) is 0 Å². The Hall–Kier alpha value is -1.20. The number of aliphatic hydroxyl groups excluding tert-OH is 1. The molecule has 4 nitrogen and oxygen atoms in total. The Kier molecular flexibility index (Phi) is 2.60. The van der Waals surface area contributed by atoms with Crippen LogP contribution in [0.2, 0.25) is 0 Å². The summed E-state index contributed by atoms with van der Waals surface area (Å²) in [5.41, 5.74) is 1.57. The van der Waals surface area contributed by atoms with Crippen LogP contribution in [0.25, 0.3) is 11.5 Å². The minimum absolute atomic E-state index is 0.0161. The summed E-state index contributed by atoms with van der Waals surface area (Å²) >= 11 is 1.63. The number of nitrogens with one attached hydrogen (secondary N) is 1. The van der Waals surface area contributed by atoms with Crippen LogP contribution in [0.1, 0.15) is 17.6 Å². The molecule has 0 radical (unpaired) electrons. The summed E-state index contributed by atoms with van der Waals surface area (Å²) in [4.78, 5) is 11.5. The molecule has 0 bridgehead atoms. The van der Waals surface area contributed by atoms with Crippen LogP contribution < -0.4 is 0 Å². The van der Waals surface area contributed by atoms with Crippen LogP contribution in [-0.4, -0.2) is 20.1 Å². The Balaban J connectivity index is 2.29. The highest BCUT2D eigenvalue weighted by atomic mass is 32.1. The van der Waals surface area contributed by atoms with Crippen LogP contribution in [0.4, 0.5) is 0 Å². The zero-order chi connectivity index (χ0) is 9.97. The van der Waals surface area contributed by atoms with Crippen molar-refractivity contribution in [1.29, 1.82) is 0 Å². The van der Waals surface area contributed by atoms with Gasteiger partial charge in [-0.1, -0.05) is 6.92 Å². The van der Waals surface area contributed by atoms with Crippen molar-refractivity contribution in [3.05, 3.63) is 22.3 Å². The van der Waals surface area contributed by atoms with Crippen molar-refractivity contribution in [2.75, 3.05) is 0 Å². The molecule has 0 spiro atoms. The minimum Gasteiger partial charge on any atom is -0.390 e. The first-order chi connectivity index (χ1) is 6.83. The number of rotatable bonds is 3. The molecule has 0 atom stereocenters. The number of nitrogens with zero attached hydrogens (tertiary/aromatic N) is 2. The zero-order valence-corrected chi connectivity index (χ0v) is 8.64. The molecule has 14 heavy (non-hydrogen) atoms. The van der Waals surface area contributed by atoms with Gasteiger partial charge in [0.15, 0.2) is 5.82 Å². The number of imidazole rings is 1. The van der Waals surface area contributed by atoms with Crippen LogP contribution >= 0.6 is 11.3 Å². The van der Waals surface area contributed by atoms with E-state index in [1.165, 1.54) is 0 Å². The van der Waals surface area contributed by atoms with E-state index in [-0.39, 0.29) is 6.61 Å². The van der Waals surface area contributed by atoms with Gasteiger partial charge in [-0.05, 0) is 6.42 Å². The van der Waals surface area contributed by atoms with Gasteiger partial charge in [-0.15, -0.1) is 11.3 Å². The first-order valence-electron chi connectivity index (χ1n) is 4.43. The van der Waals surface area contributed by atoms with Crippen LogP contribution in [-0.2, 0) is 13.0 Å². The lowest BCUT2D eigenvalue weighted by atomic mass is 10.4. The van der Waals surface area contributed by atoms with Crippen LogP contribution in [0, 0.1) is 0 Å². The zero-order valence-electron chi connectivity index (χ0n) is 7.82. The largest absolute Gasteiger partial charge is 0.390 e. The fourth-order valence-corrected chi connectivity index (χ4v) is 1.88. The normalized spacial score (nSPS) is 10.7. The Morgan fingerprint density at radius 1 is 1.57 bits per heavy atom. The average Bonchev–Trinajstić information content (AvgIpc) is 2.86. The second-order valence-electron chi connectivity index (χ2n) is 2.90. The lowest BCUT2D eigenvalue weighted by Crippen LogP contribution is -1.84. The third-order valence-electron chi connectivity index (χ3n) is 1.90. The molecule has 2 rings (SSSR count). The molecular formula is C9H11N3OS. The Bertz CT molecular complexity index is 381. The quantitative estimate of drug-likeness (QED) is 0.807. The fourth-order valence-electron chi connectivity index (χ4n) is 1.15. The highest BCUT2D eigenvalue weighted by Crippen LogP contribution is 2.19. The number of aryl methyl sites for hydroxylation is 1. The molecule has 0 saturated heterocycles. The third kappa shape index (κ3) is 1.69. The van der Waals surface area contributed by atoms with Gasteiger partial charge in [0.25, 0.3) is 0 Å². The molecule has 2 aromatic heterocycles. The van der Waals surface area contributed by atoms with Crippen molar-refractivity contribution < 1.29 is 5.11 Å². The van der Waals surface area contributed by atoms with Gasteiger partial charge >= 0.3 is 0 Å². The van der Waals surface area contributed by atoms with E-state index < -0.39 is 0 Å². The molecule has 0 aliphatic carbocycles. The molecule has 2 heterocycles. The Morgan fingerprint density at radius 2 is 2.43 bits per heavy atom. The van der Waals surface area contributed by atoms with Crippen molar-refractivity contribution in [3.63, 3.8) is 0 Å². The highest BCUT2D eigenvalue weighted by molar-refractivity contribution is 7.09. The molecule has 2 N–H and O–H groups in total. The Morgan fingerprint density at radius 3 is 3.00 bits per heavy atom. The van der Waals surface area contributed by atoms with Gasteiger partial charge in [-0.3, -0.25) is 0 Å². The van der Waals surface area contributed by atoms with E-state index in [1.807, 2.05) is 5.38 Å². The number of aromatic amines is 1. The van der Waals surface area contributed by atoms with E-state index in [0.29, 0.717) is 5.69 Å². The van der Waals surface area contributed by atoms with E-state index in [1.54, 1.807) is 17.5 Å². The molecule has 0 saturated carbocycles. The molecule has 74 valence electrons. The summed E-state index contributed by atoms with van der Waals surface area (Å²) in [6.07, 6.45) is 2.57. The average molecular weight is 209 g/mol. The first kappa shape index (κ1) is 9.36. The number of H-pyrrole nitrogens is 1. The van der Waals surface area contributed by atoms with Crippen molar-refractivity contribution >= 4 is 11.3 Å². The second-order valence-corrected chi connectivity index (χ2v) is 3.84. The summed E-state index contributed by atoms with van der Waals surface area (Å²) in [5.74, 6) is 0.727. The summed E-state index contributed by atoms with van der Waals surface area (Å²) < 4.78 is 0. The molecule has 0 fully saturated rings. The topological polar surface area (TPSA) is 61.8 Å². The van der Waals surface area contributed by atoms with Crippen molar-refractivity contribution in [3.8, 4) is 11.5 Å². The lowest BCUT2D eigenvalue weighted by Gasteiger charge is -1.89. The predicted octanol–water partition coefficient (Wildman–Crippen LogP) is 1.59. The monoisotopic (exact) mass is 209 g/mol. The fraction of sp³-hybridized carbons (Fsp3) is 0.333. The summed E-state index contributed by atoms with van der Waals surface area (Å²) in [6, 6.07) is 0. The molecular weight excluding hydrogens is 198 g/mol. The Labute approximate surface area is 85.7 Å². The van der Waals surface area contributed by atoms with E-state index in [0.717, 1.165) is 22.9 Å². The summed E-state index contributed by atoms with van der Waals surface area (Å²) in [5, 5.41) is 11.9. The number of hydrogen-bond donors (Lipinski definition) is 2. The predicted molar refractivity (Wildman–Crippen MR) is 55.0 cm³/mol. The third-order valence-corrected chi connectivity index (χ3v) is 2.89. The highest BCUT2D eigenvalue weighted by Gasteiger charge is 2.06. The molecule has 2 aromatic rings. The maximum Gasteiger partial charge on any atom is 0.157 e. The van der Waals surface area contributed by atoms with Gasteiger partial charge in [-0.25, -0.2) is 9.97 Å². The minimum atomic E-state index is -0.0161. The molecule has 0 aliphatic heterocycles. The van der Waals surface area contributed by atoms with E-state index in [2.05, 4.69) is 21.9 Å². The number of hydrogen-bond acceptors (Lipinski definition) is 4. The van der Waals surface area contributed by atoms with Crippen LogP contribution in [0.5, 0.6) is 0 Å². The first-order valence-corrected chi connectivity index (χ1v) is 5.31. The van der Waals surface area contributed by atoms with Crippen LogP contribution in [0.15, 0.2) is 11.6 Å². The summed E-state index contributed by atoms with van der Waals surface area (Å²) in [7, 11) is 0. The standard InChI is InChI=1S/C9H11N3OS/c1-2-8-12-7(5-14-8)9-10-3-6(4-13)11-9/h3,5,13H,2,4H2,1H3,(H,10,11).